The van der Waals surface area contributed by atoms with Crippen LogP contribution in [0.5, 0.6) is 5.75 Å². The molecule has 0 heterocycles. The van der Waals surface area contributed by atoms with Crippen LogP contribution in [-0.2, 0) is 17.9 Å². The molecule has 21 heavy (non-hydrogen) atoms. The van der Waals surface area contributed by atoms with Gasteiger partial charge in [-0.15, -0.1) is 0 Å². The summed E-state index contributed by atoms with van der Waals surface area (Å²) in [5.41, 5.74) is 2.20. The predicted octanol–water partition coefficient (Wildman–Crippen LogP) is 3.28. The van der Waals surface area contributed by atoms with Crippen molar-refractivity contribution < 1.29 is 19.5 Å². The summed E-state index contributed by atoms with van der Waals surface area (Å²) in [6, 6.07) is 3.82. The van der Waals surface area contributed by atoms with E-state index >= 15 is 0 Å². The van der Waals surface area contributed by atoms with E-state index in [2.05, 4.69) is 0 Å². The molecule has 0 radical (unpaired) electrons. The summed E-state index contributed by atoms with van der Waals surface area (Å²) in [6.07, 6.45) is 0. The molecule has 0 aliphatic rings. The molecule has 0 aromatic heterocycles. The van der Waals surface area contributed by atoms with E-state index in [1.165, 1.54) is 0 Å². The maximum atomic E-state index is 11.2. The molecule has 0 atom stereocenters. The Hall–Kier alpha value is 0.430. The number of aromatic hydroxyl groups is 1. The molecule has 3 N–H and O–H groups in total. The zero-order chi connectivity index (χ0) is 16.6. The van der Waals surface area contributed by atoms with Crippen LogP contribution in [0.2, 0.25) is 0 Å². The molecule has 0 bridgehead atoms. The van der Waals surface area contributed by atoms with Crippen molar-refractivity contribution in [1.82, 2.24) is 0 Å². The van der Waals surface area contributed by atoms with Gasteiger partial charge in [-0.3, -0.25) is 0 Å². The fourth-order valence-corrected chi connectivity index (χ4v) is 5.83. The Labute approximate surface area is 144 Å². The second-order valence-corrected chi connectivity index (χ2v) is 16.2. The van der Waals surface area contributed by atoms with Crippen LogP contribution in [0.15, 0.2) is 12.1 Å². The van der Waals surface area contributed by atoms with Crippen molar-refractivity contribution in [2.24, 2.45) is 0 Å². The minimum atomic E-state index is -3.83. The number of phenols is 1. The van der Waals surface area contributed by atoms with Gasteiger partial charge in [-0.05, 0) is 0 Å². The molecule has 0 unspecified atom stereocenters. The number of phenolic OH excluding ortho intramolecular Hbond substituents is 1. The first-order chi connectivity index (χ1) is 9.22. The van der Waals surface area contributed by atoms with Crippen molar-refractivity contribution in [3.05, 3.63) is 28.8 Å². The Morgan fingerprint density at radius 3 is 1.67 bits per heavy atom. The Bertz CT molecular complexity index is 529. The quantitative estimate of drug-likeness (QED) is 0.583. The van der Waals surface area contributed by atoms with Crippen LogP contribution in [0.1, 0.15) is 58.2 Å². The van der Waals surface area contributed by atoms with Gasteiger partial charge >= 0.3 is 145 Å². The normalized spacial score (nSPS) is 13.1. The first kappa shape index (κ1) is 19.5. The predicted molar refractivity (Wildman–Crippen MR) is 87.0 cm³/mol. The molecule has 0 saturated heterocycles. The Morgan fingerprint density at radius 1 is 1.00 bits per heavy atom. The van der Waals surface area contributed by atoms with Crippen LogP contribution in [0.3, 0.4) is 0 Å². The maximum absolute atomic E-state index is 11.2. The number of benzene rings is 1. The molecule has 0 fully saturated rings. The summed E-state index contributed by atoms with van der Waals surface area (Å²) in [5.74, 6) is 0.308. The van der Waals surface area contributed by atoms with Crippen LogP contribution >= 0.6 is 3.01 Å². The van der Waals surface area contributed by atoms with E-state index < -0.39 is 36.1 Å². The zero-order valence-corrected chi connectivity index (χ0v) is 16.9. The average Bonchev–Trinajstić information content (AvgIpc) is 2.23. The Morgan fingerprint density at radius 2 is 1.38 bits per heavy atom. The molecule has 6 heteroatoms. The van der Waals surface area contributed by atoms with Gasteiger partial charge in [0.2, 0.25) is 0 Å². The van der Waals surface area contributed by atoms with E-state index in [-0.39, 0.29) is 10.8 Å². The van der Waals surface area contributed by atoms with Crippen LogP contribution in [0, 0.1) is 0 Å². The third-order valence-electron chi connectivity index (χ3n) is 3.48. The van der Waals surface area contributed by atoms with Gasteiger partial charge in [-0.25, -0.2) is 0 Å². The average molecular weight is 340 g/mol. The van der Waals surface area contributed by atoms with Gasteiger partial charge in [0, 0.05) is 0 Å². The summed E-state index contributed by atoms with van der Waals surface area (Å²) in [6.45, 7) is 12.2. The molecular formula is C15H25CaO4P. The summed E-state index contributed by atoms with van der Waals surface area (Å²) in [4.78, 5) is 18.3. The molecule has 4 nitrogen and oxygen atoms in total. The van der Waals surface area contributed by atoms with E-state index in [0.717, 1.165) is 16.7 Å². The fourth-order valence-electron chi connectivity index (χ4n) is 2.26. The van der Waals surface area contributed by atoms with Crippen molar-refractivity contribution in [2.45, 2.75) is 54.9 Å². The number of hydrogen-bond acceptors (Lipinski definition) is 2. The van der Waals surface area contributed by atoms with Crippen molar-refractivity contribution >= 4 is 36.1 Å². The van der Waals surface area contributed by atoms with E-state index in [0.29, 0.717) is 8.27 Å². The zero-order valence-electron chi connectivity index (χ0n) is 13.8. The molecule has 1 rings (SSSR count). The molecule has 0 amide bonds. The van der Waals surface area contributed by atoms with Crippen molar-refractivity contribution in [3.63, 3.8) is 0 Å². The molecule has 0 aliphatic heterocycles. The molecule has 0 saturated carbocycles. The van der Waals surface area contributed by atoms with E-state index in [1.807, 2.05) is 53.7 Å². The van der Waals surface area contributed by atoms with Gasteiger partial charge in [0.15, 0.2) is 0 Å². The van der Waals surface area contributed by atoms with Gasteiger partial charge in [0.1, 0.15) is 0 Å². The molecule has 116 valence electrons. The van der Waals surface area contributed by atoms with E-state index in [4.69, 9.17) is 9.79 Å². The first-order valence-electron chi connectivity index (χ1n) is 7.13. The second-order valence-electron chi connectivity index (χ2n) is 7.68. The third kappa shape index (κ3) is 5.85. The van der Waals surface area contributed by atoms with Crippen LogP contribution < -0.4 is 0 Å². The van der Waals surface area contributed by atoms with Crippen LogP contribution in [-0.4, -0.2) is 48.0 Å². The molecule has 0 spiro atoms. The topological polar surface area (TPSA) is 77.8 Å². The first-order valence-corrected chi connectivity index (χ1v) is 13.5. The Balaban J connectivity index is 3.37. The van der Waals surface area contributed by atoms with Crippen molar-refractivity contribution in [2.75, 3.05) is 0 Å². The van der Waals surface area contributed by atoms with E-state index in [1.54, 1.807) is 0 Å². The summed E-state index contributed by atoms with van der Waals surface area (Å²) < 4.78 is 7.82. The standard InChI is InChI=1S/C15H23O.Ca.HO3P/c1-10-8-11(14(2,3)4)13(16)12(9-10)15(5,6)7;;1-4(2)3/h8-9,16H,1H2,2-7H3;;(H-,1,2,3)/q;-1;/p+1. The molecule has 1 aromatic rings. The SMILES string of the molecule is CC(C)(C)c1cc([CH2][Ca][P](=O)(O)O)cc(C(C)(C)C)c1O. The monoisotopic (exact) mass is 340 g/mol. The second kappa shape index (κ2) is 6.51. The van der Waals surface area contributed by atoms with Crippen molar-refractivity contribution in [1.29, 1.82) is 0 Å². The van der Waals surface area contributed by atoms with Crippen LogP contribution in [0.4, 0.5) is 0 Å². The van der Waals surface area contributed by atoms with Gasteiger partial charge in [-0.2, -0.15) is 0 Å². The fraction of sp³-hybridized carbons (Fsp3) is 0.600. The third-order valence-corrected chi connectivity index (χ3v) is 8.96. The molecular weight excluding hydrogens is 315 g/mol. The van der Waals surface area contributed by atoms with Gasteiger partial charge in [0.25, 0.3) is 0 Å². The number of hydrogen-bond donors (Lipinski definition) is 3. The number of rotatable bonds is 3. The summed E-state index contributed by atoms with van der Waals surface area (Å²) >= 11 is -1.96. The van der Waals surface area contributed by atoms with E-state index in [9.17, 15) is 9.67 Å². The van der Waals surface area contributed by atoms with Crippen LogP contribution in [0.25, 0.3) is 0 Å². The molecule has 0 aliphatic carbocycles. The Kier molecular flexibility index (Phi) is 6.03. The van der Waals surface area contributed by atoms with Crippen molar-refractivity contribution in [3.8, 4) is 5.75 Å². The summed E-state index contributed by atoms with van der Waals surface area (Å²) in [5, 5.41) is 10.6. The van der Waals surface area contributed by atoms with Gasteiger partial charge < -0.3 is 0 Å². The van der Waals surface area contributed by atoms with Gasteiger partial charge in [0.05, 0.1) is 0 Å². The summed E-state index contributed by atoms with van der Waals surface area (Å²) in [7, 11) is 0. The minimum absolute atomic E-state index is 0.213. The molecule has 1 aromatic carbocycles. The van der Waals surface area contributed by atoms with Gasteiger partial charge in [-0.1, -0.05) is 0 Å².